The van der Waals surface area contributed by atoms with E-state index in [1.54, 1.807) is 0 Å². The van der Waals surface area contributed by atoms with Crippen molar-refractivity contribution in [2.45, 2.75) is 70.8 Å². The maximum Gasteiger partial charge on any atom is 0.303 e. The van der Waals surface area contributed by atoms with Crippen molar-refractivity contribution in [3.8, 4) is 0 Å². The van der Waals surface area contributed by atoms with E-state index in [4.69, 9.17) is 14.6 Å². The Morgan fingerprint density at radius 3 is 1.91 bits per heavy atom. The van der Waals surface area contributed by atoms with E-state index >= 15 is 0 Å². The predicted molar refractivity (Wildman–Crippen MR) is 94.0 cm³/mol. The summed E-state index contributed by atoms with van der Waals surface area (Å²) < 4.78 is 11.5. The number of aliphatic carboxylic acids is 1. The van der Waals surface area contributed by atoms with Crippen LogP contribution in [0.3, 0.4) is 0 Å². The molecule has 138 valence electrons. The Hall–Kier alpha value is -0.650. The lowest BCUT2D eigenvalue weighted by Gasteiger charge is -2.24. The third-order valence-electron chi connectivity index (χ3n) is 3.92. The maximum atomic E-state index is 10.4. The molecule has 0 aromatic carbocycles. The van der Waals surface area contributed by atoms with Gasteiger partial charge < -0.3 is 19.5 Å². The minimum atomic E-state index is -0.717. The zero-order valence-corrected chi connectivity index (χ0v) is 15.4. The van der Waals surface area contributed by atoms with E-state index in [2.05, 4.69) is 11.8 Å². The standard InChI is InChI=1S/C18H37NO4/c1-4-5-6-7-10-13-22-15-17(19(2)3)16-23-14-11-8-9-12-18(20)21/h17H,4-16H2,1-3H3,(H,20,21). The number of rotatable bonds is 17. The molecule has 0 bridgehead atoms. The van der Waals surface area contributed by atoms with Crippen LogP contribution in [0.5, 0.6) is 0 Å². The normalized spacial score (nSPS) is 12.7. The molecule has 0 radical (unpaired) electrons. The summed E-state index contributed by atoms with van der Waals surface area (Å²) in [6, 6.07) is 0.282. The summed E-state index contributed by atoms with van der Waals surface area (Å²) in [4.78, 5) is 12.5. The van der Waals surface area contributed by atoms with Crippen LogP contribution in [0.4, 0.5) is 0 Å². The van der Waals surface area contributed by atoms with E-state index in [0.29, 0.717) is 19.8 Å². The summed E-state index contributed by atoms with van der Waals surface area (Å²) in [5, 5.41) is 8.56. The monoisotopic (exact) mass is 331 g/mol. The number of carboxylic acid groups (broad SMARTS) is 1. The van der Waals surface area contributed by atoms with Crippen molar-refractivity contribution >= 4 is 5.97 Å². The van der Waals surface area contributed by atoms with Gasteiger partial charge in [-0.25, -0.2) is 0 Å². The van der Waals surface area contributed by atoms with Gasteiger partial charge in [0.25, 0.3) is 0 Å². The Kier molecular flexibility index (Phi) is 15.8. The summed E-state index contributed by atoms with van der Waals surface area (Å²) in [5.74, 6) is -0.717. The molecule has 5 nitrogen and oxygen atoms in total. The molecule has 0 aliphatic rings. The average molecular weight is 331 g/mol. The molecule has 0 aliphatic heterocycles. The van der Waals surface area contributed by atoms with Crippen molar-refractivity contribution in [1.82, 2.24) is 4.90 Å². The van der Waals surface area contributed by atoms with Crippen molar-refractivity contribution in [2.75, 3.05) is 40.5 Å². The van der Waals surface area contributed by atoms with Gasteiger partial charge in [0, 0.05) is 19.6 Å². The lowest BCUT2D eigenvalue weighted by Crippen LogP contribution is -2.37. The second kappa shape index (κ2) is 16.2. The van der Waals surface area contributed by atoms with E-state index in [1.807, 2.05) is 14.1 Å². The van der Waals surface area contributed by atoms with Crippen LogP contribution in [0.1, 0.15) is 64.7 Å². The third-order valence-corrected chi connectivity index (χ3v) is 3.92. The van der Waals surface area contributed by atoms with Gasteiger partial charge in [0.15, 0.2) is 0 Å². The van der Waals surface area contributed by atoms with Crippen LogP contribution in [0.2, 0.25) is 0 Å². The van der Waals surface area contributed by atoms with Gasteiger partial charge in [-0.3, -0.25) is 4.79 Å². The molecule has 0 aliphatic carbocycles. The first-order chi connectivity index (χ1) is 11.1. The molecule has 0 aromatic heterocycles. The molecule has 0 spiro atoms. The molecular formula is C18H37NO4. The summed E-state index contributed by atoms with van der Waals surface area (Å²) in [6.45, 7) is 5.14. The van der Waals surface area contributed by atoms with Gasteiger partial charge in [-0.15, -0.1) is 0 Å². The molecule has 0 fully saturated rings. The molecule has 0 rings (SSSR count). The number of nitrogens with zero attached hydrogens (tertiary/aromatic N) is 1. The molecule has 1 N–H and O–H groups in total. The van der Waals surface area contributed by atoms with Gasteiger partial charge in [0.05, 0.1) is 19.3 Å². The lowest BCUT2D eigenvalue weighted by molar-refractivity contribution is -0.137. The summed E-state index contributed by atoms with van der Waals surface area (Å²) in [7, 11) is 4.09. The van der Waals surface area contributed by atoms with Gasteiger partial charge in [-0.2, -0.15) is 0 Å². The topological polar surface area (TPSA) is 59.0 Å². The first-order valence-corrected chi connectivity index (χ1v) is 9.11. The molecular weight excluding hydrogens is 294 g/mol. The highest BCUT2D eigenvalue weighted by Gasteiger charge is 2.11. The van der Waals surface area contributed by atoms with Crippen molar-refractivity contribution in [2.24, 2.45) is 0 Å². The number of ether oxygens (including phenoxy) is 2. The fraction of sp³-hybridized carbons (Fsp3) is 0.944. The van der Waals surface area contributed by atoms with Crippen LogP contribution in [-0.2, 0) is 14.3 Å². The Morgan fingerprint density at radius 2 is 1.43 bits per heavy atom. The van der Waals surface area contributed by atoms with Crippen LogP contribution >= 0.6 is 0 Å². The van der Waals surface area contributed by atoms with Gasteiger partial charge >= 0.3 is 5.97 Å². The van der Waals surface area contributed by atoms with Gasteiger partial charge in [-0.05, 0) is 33.4 Å². The molecule has 23 heavy (non-hydrogen) atoms. The minimum absolute atomic E-state index is 0.256. The lowest BCUT2D eigenvalue weighted by atomic mass is 10.2. The number of likely N-dealkylation sites (N-methyl/N-ethyl adjacent to an activating group) is 1. The fourth-order valence-corrected chi connectivity index (χ4v) is 2.25. The van der Waals surface area contributed by atoms with Gasteiger partial charge in [-0.1, -0.05) is 39.0 Å². The van der Waals surface area contributed by atoms with Gasteiger partial charge in [0.1, 0.15) is 0 Å². The van der Waals surface area contributed by atoms with Crippen molar-refractivity contribution in [3.63, 3.8) is 0 Å². The second-order valence-corrected chi connectivity index (χ2v) is 6.39. The SMILES string of the molecule is CCCCCCCOCC(COCCCCCC(=O)O)N(C)C. The van der Waals surface area contributed by atoms with E-state index in [0.717, 1.165) is 32.3 Å². The minimum Gasteiger partial charge on any atom is -0.481 e. The smallest absolute Gasteiger partial charge is 0.303 e. The van der Waals surface area contributed by atoms with Crippen LogP contribution in [-0.4, -0.2) is 62.5 Å². The van der Waals surface area contributed by atoms with Crippen molar-refractivity contribution in [3.05, 3.63) is 0 Å². The Labute approximate surface area is 142 Å². The average Bonchev–Trinajstić information content (AvgIpc) is 2.50. The largest absolute Gasteiger partial charge is 0.481 e. The highest BCUT2D eigenvalue weighted by molar-refractivity contribution is 5.66. The Balaban J connectivity index is 3.53. The first kappa shape index (κ1) is 22.4. The van der Waals surface area contributed by atoms with E-state index in [-0.39, 0.29) is 12.5 Å². The number of hydrogen-bond donors (Lipinski definition) is 1. The number of hydrogen-bond acceptors (Lipinski definition) is 4. The molecule has 0 heterocycles. The van der Waals surface area contributed by atoms with Gasteiger partial charge in [0.2, 0.25) is 0 Å². The molecule has 0 saturated heterocycles. The predicted octanol–water partition coefficient (Wildman–Crippen LogP) is 3.57. The van der Waals surface area contributed by atoms with E-state index in [9.17, 15) is 4.79 Å². The molecule has 0 aromatic rings. The zero-order valence-electron chi connectivity index (χ0n) is 15.4. The number of carboxylic acids is 1. The van der Waals surface area contributed by atoms with Crippen LogP contribution in [0, 0.1) is 0 Å². The van der Waals surface area contributed by atoms with Crippen LogP contribution in [0.25, 0.3) is 0 Å². The Morgan fingerprint density at radius 1 is 0.913 bits per heavy atom. The second-order valence-electron chi connectivity index (χ2n) is 6.39. The molecule has 1 unspecified atom stereocenters. The van der Waals surface area contributed by atoms with E-state index < -0.39 is 5.97 Å². The quantitative estimate of drug-likeness (QED) is 0.413. The first-order valence-electron chi connectivity index (χ1n) is 9.11. The fourth-order valence-electron chi connectivity index (χ4n) is 2.25. The molecule has 1 atom stereocenters. The van der Waals surface area contributed by atoms with Crippen LogP contribution in [0.15, 0.2) is 0 Å². The Bertz CT molecular complexity index is 272. The molecule has 0 amide bonds. The molecule has 5 heteroatoms. The molecule has 0 saturated carbocycles. The van der Waals surface area contributed by atoms with Crippen molar-refractivity contribution in [1.29, 1.82) is 0 Å². The maximum absolute atomic E-state index is 10.4. The van der Waals surface area contributed by atoms with E-state index in [1.165, 1.54) is 25.7 Å². The third kappa shape index (κ3) is 16.0. The highest BCUT2D eigenvalue weighted by atomic mass is 16.5. The van der Waals surface area contributed by atoms with Crippen LogP contribution < -0.4 is 0 Å². The highest BCUT2D eigenvalue weighted by Crippen LogP contribution is 2.04. The summed E-state index contributed by atoms with van der Waals surface area (Å²) >= 11 is 0. The summed E-state index contributed by atoms with van der Waals surface area (Å²) in [5.41, 5.74) is 0. The number of unbranched alkanes of at least 4 members (excludes halogenated alkanes) is 6. The summed E-state index contributed by atoms with van der Waals surface area (Å²) in [6.07, 6.45) is 9.12. The number of carbonyl (C=O) groups is 1. The van der Waals surface area contributed by atoms with Crippen molar-refractivity contribution < 1.29 is 19.4 Å². The zero-order chi connectivity index (χ0) is 17.3.